The topological polar surface area (TPSA) is 124 Å². The first-order valence-corrected chi connectivity index (χ1v) is 11.0. The van der Waals surface area contributed by atoms with Gasteiger partial charge in [-0.1, -0.05) is 0 Å². The summed E-state index contributed by atoms with van der Waals surface area (Å²) in [5, 5.41) is 13.5. The van der Waals surface area contributed by atoms with Crippen LogP contribution in [-0.2, 0) is 9.47 Å². The van der Waals surface area contributed by atoms with Gasteiger partial charge in [-0.05, 0) is 18.6 Å². The molecule has 3 N–H and O–H groups in total. The number of anilines is 3. The van der Waals surface area contributed by atoms with Gasteiger partial charge in [-0.3, -0.25) is 9.59 Å². The standard InChI is InChI=1S/C22H25N7O4/c1-23-18-7-17(25-14-4-3-5-28(22(14)31)19-12-9-33-10-13(12)19)27-20-11(8-24-29(18)20)21(30)26-15-6-16(15)32-2/h3-5,7-8,12-13,15-16,19,23H,6,9-10H2,1-2H3,(H,25,27)(H,26,30)/t12-,13+,15-,16-,19+/m1/s1. The fraction of sp³-hybridized carbons (Fsp3) is 0.455. The summed E-state index contributed by atoms with van der Waals surface area (Å²) in [6.07, 6.45) is 4.16. The fourth-order valence-corrected chi connectivity index (χ4v) is 4.80. The van der Waals surface area contributed by atoms with E-state index in [0.717, 1.165) is 6.42 Å². The Morgan fingerprint density at radius 3 is 2.85 bits per heavy atom. The van der Waals surface area contributed by atoms with E-state index in [4.69, 9.17) is 9.47 Å². The highest BCUT2D eigenvalue weighted by atomic mass is 16.5. The maximum absolute atomic E-state index is 13.1. The number of fused-ring (bicyclic) bond motifs is 2. The zero-order valence-electron chi connectivity index (χ0n) is 18.3. The second-order valence-electron chi connectivity index (χ2n) is 8.78. The number of nitrogens with zero attached hydrogens (tertiary/aromatic N) is 4. The Kier molecular flexibility index (Phi) is 4.63. The summed E-state index contributed by atoms with van der Waals surface area (Å²) in [5.41, 5.74) is 1.07. The number of rotatable bonds is 7. The lowest BCUT2D eigenvalue weighted by Crippen LogP contribution is -2.28. The molecule has 11 heteroatoms. The maximum atomic E-state index is 13.1. The average Bonchev–Trinajstić information content (AvgIpc) is 3.58. The van der Waals surface area contributed by atoms with Crippen LogP contribution in [0.2, 0.25) is 0 Å². The second-order valence-corrected chi connectivity index (χ2v) is 8.78. The molecule has 3 fully saturated rings. The van der Waals surface area contributed by atoms with Crippen LogP contribution in [0.3, 0.4) is 0 Å². The molecule has 1 saturated heterocycles. The molecule has 2 aliphatic carbocycles. The van der Waals surface area contributed by atoms with Crippen LogP contribution in [-0.4, -0.2) is 64.6 Å². The smallest absolute Gasteiger partial charge is 0.274 e. The monoisotopic (exact) mass is 451 g/mol. The number of ether oxygens (including phenoxy) is 2. The van der Waals surface area contributed by atoms with Crippen molar-refractivity contribution >= 4 is 28.9 Å². The minimum absolute atomic E-state index is 0.00219. The van der Waals surface area contributed by atoms with Crippen molar-refractivity contribution in [3.8, 4) is 0 Å². The molecule has 1 aliphatic heterocycles. The predicted molar refractivity (Wildman–Crippen MR) is 120 cm³/mol. The molecule has 5 atom stereocenters. The zero-order chi connectivity index (χ0) is 22.7. The van der Waals surface area contributed by atoms with Crippen molar-refractivity contribution < 1.29 is 14.3 Å². The normalized spacial score (nSPS) is 27.3. The van der Waals surface area contributed by atoms with Crippen molar-refractivity contribution in [3.63, 3.8) is 0 Å². The largest absolute Gasteiger partial charge is 0.381 e. The third kappa shape index (κ3) is 3.35. The Balaban J connectivity index is 1.31. The minimum Gasteiger partial charge on any atom is -0.381 e. The molecule has 0 bridgehead atoms. The number of methoxy groups -OCH3 is 1. The van der Waals surface area contributed by atoms with Crippen molar-refractivity contribution in [1.82, 2.24) is 24.5 Å². The number of pyridine rings is 1. The summed E-state index contributed by atoms with van der Waals surface area (Å²) in [5.74, 6) is 1.65. The molecule has 0 spiro atoms. The number of carbonyl (C=O) groups excluding carboxylic acids is 1. The van der Waals surface area contributed by atoms with Gasteiger partial charge in [0.25, 0.3) is 11.5 Å². The van der Waals surface area contributed by atoms with Gasteiger partial charge in [-0.25, -0.2) is 4.98 Å². The van der Waals surface area contributed by atoms with E-state index in [1.807, 2.05) is 12.3 Å². The van der Waals surface area contributed by atoms with Gasteiger partial charge in [-0.15, -0.1) is 0 Å². The van der Waals surface area contributed by atoms with Crippen LogP contribution in [0.15, 0.2) is 35.4 Å². The lowest BCUT2D eigenvalue weighted by atomic mass is 10.3. The van der Waals surface area contributed by atoms with Crippen LogP contribution in [0, 0.1) is 11.8 Å². The molecule has 4 heterocycles. The molecule has 11 nitrogen and oxygen atoms in total. The Bertz CT molecular complexity index is 1290. The van der Waals surface area contributed by atoms with Crippen molar-refractivity contribution in [2.24, 2.45) is 11.8 Å². The predicted octanol–water partition coefficient (Wildman–Crippen LogP) is 1.01. The third-order valence-electron chi connectivity index (χ3n) is 6.79. The van der Waals surface area contributed by atoms with Gasteiger partial charge < -0.3 is 30.0 Å². The summed E-state index contributed by atoms with van der Waals surface area (Å²) < 4.78 is 14.1. The molecule has 0 aromatic carbocycles. The SMILES string of the molecule is CNc1cc(Nc2cccn([C@H]3[C@@H]4COC[C@@H]43)c2=O)nc2c(C(=O)N[C@@H]3C[C@H]3OC)cnn12. The molecule has 172 valence electrons. The number of amides is 1. The van der Waals surface area contributed by atoms with E-state index in [9.17, 15) is 9.59 Å². The van der Waals surface area contributed by atoms with Crippen LogP contribution < -0.4 is 21.5 Å². The van der Waals surface area contributed by atoms with Crippen molar-refractivity contribution in [2.75, 3.05) is 38.0 Å². The van der Waals surface area contributed by atoms with Crippen molar-refractivity contribution in [3.05, 3.63) is 46.5 Å². The molecular weight excluding hydrogens is 426 g/mol. The van der Waals surface area contributed by atoms with Crippen LogP contribution in [0.25, 0.3) is 5.65 Å². The van der Waals surface area contributed by atoms with Gasteiger partial charge in [0.2, 0.25) is 0 Å². The summed E-state index contributed by atoms with van der Waals surface area (Å²) in [6.45, 7) is 1.42. The number of carbonyl (C=O) groups is 1. The molecule has 0 radical (unpaired) electrons. The molecule has 6 rings (SSSR count). The van der Waals surface area contributed by atoms with E-state index in [1.165, 1.54) is 6.20 Å². The first-order chi connectivity index (χ1) is 16.1. The maximum Gasteiger partial charge on any atom is 0.274 e. The van der Waals surface area contributed by atoms with Crippen LogP contribution in [0.1, 0.15) is 22.8 Å². The Morgan fingerprint density at radius 1 is 1.30 bits per heavy atom. The molecule has 33 heavy (non-hydrogen) atoms. The van der Waals surface area contributed by atoms with E-state index in [2.05, 4.69) is 26.0 Å². The molecule has 3 aromatic rings. The van der Waals surface area contributed by atoms with Gasteiger partial charge in [0.05, 0.1) is 31.6 Å². The Morgan fingerprint density at radius 2 is 2.12 bits per heavy atom. The summed E-state index contributed by atoms with van der Waals surface area (Å²) >= 11 is 0. The van der Waals surface area contributed by atoms with Gasteiger partial charge in [-0.2, -0.15) is 9.61 Å². The summed E-state index contributed by atoms with van der Waals surface area (Å²) in [4.78, 5) is 30.6. The summed E-state index contributed by atoms with van der Waals surface area (Å²) in [7, 11) is 3.39. The Labute approximate surface area is 189 Å². The lowest BCUT2D eigenvalue weighted by Gasteiger charge is -2.13. The molecule has 2 saturated carbocycles. The number of nitrogens with one attached hydrogen (secondary N) is 3. The molecule has 3 aromatic heterocycles. The highest BCUT2D eigenvalue weighted by Gasteiger charge is 2.55. The van der Waals surface area contributed by atoms with Gasteiger partial charge in [0, 0.05) is 44.3 Å². The minimum atomic E-state index is -0.259. The number of hydrogen-bond acceptors (Lipinski definition) is 8. The molecule has 0 unspecified atom stereocenters. The Hall–Kier alpha value is -3.44. The second kappa shape index (κ2) is 7.56. The lowest BCUT2D eigenvalue weighted by molar-refractivity contribution is 0.0936. The highest BCUT2D eigenvalue weighted by molar-refractivity contribution is 6.00. The quantitative estimate of drug-likeness (QED) is 0.486. The molecule has 3 aliphatic rings. The van der Waals surface area contributed by atoms with Gasteiger partial charge in [0.1, 0.15) is 22.9 Å². The number of hydrogen-bond donors (Lipinski definition) is 3. The average molecular weight is 451 g/mol. The number of aromatic nitrogens is 4. The highest BCUT2D eigenvalue weighted by Crippen LogP contribution is 2.53. The van der Waals surface area contributed by atoms with Gasteiger partial charge >= 0.3 is 0 Å². The van der Waals surface area contributed by atoms with Crippen molar-refractivity contribution in [1.29, 1.82) is 0 Å². The third-order valence-corrected chi connectivity index (χ3v) is 6.79. The van der Waals surface area contributed by atoms with E-state index in [0.29, 0.717) is 53.6 Å². The zero-order valence-corrected chi connectivity index (χ0v) is 18.3. The van der Waals surface area contributed by atoms with E-state index in [1.54, 1.807) is 35.4 Å². The van der Waals surface area contributed by atoms with E-state index >= 15 is 0 Å². The van der Waals surface area contributed by atoms with E-state index < -0.39 is 0 Å². The first-order valence-electron chi connectivity index (χ1n) is 11.0. The van der Waals surface area contributed by atoms with Crippen LogP contribution in [0.4, 0.5) is 17.3 Å². The van der Waals surface area contributed by atoms with Crippen LogP contribution in [0.5, 0.6) is 0 Å². The van der Waals surface area contributed by atoms with E-state index in [-0.39, 0.29) is 29.7 Å². The van der Waals surface area contributed by atoms with Crippen LogP contribution >= 0.6 is 0 Å². The summed E-state index contributed by atoms with van der Waals surface area (Å²) in [6, 6.07) is 5.54. The van der Waals surface area contributed by atoms with Gasteiger partial charge in [0.15, 0.2) is 5.65 Å². The fourth-order valence-electron chi connectivity index (χ4n) is 4.80. The molecule has 1 amide bonds. The first kappa shape index (κ1) is 20.2. The molecular formula is C22H25N7O4. The van der Waals surface area contributed by atoms with Crippen molar-refractivity contribution in [2.45, 2.75) is 24.6 Å².